The van der Waals surface area contributed by atoms with Gasteiger partial charge in [0.15, 0.2) is 0 Å². The maximum absolute atomic E-state index is 12.3. The Hall–Kier alpha value is -1.44. The van der Waals surface area contributed by atoms with Crippen molar-refractivity contribution in [1.82, 2.24) is 4.90 Å². The zero-order valence-corrected chi connectivity index (χ0v) is 14.7. The van der Waals surface area contributed by atoms with Gasteiger partial charge in [-0.15, -0.1) is 11.3 Å². The summed E-state index contributed by atoms with van der Waals surface area (Å²) in [7, 11) is 0. The van der Waals surface area contributed by atoms with Crippen molar-refractivity contribution in [3.05, 3.63) is 16.5 Å². The van der Waals surface area contributed by atoms with Crippen LogP contribution in [-0.2, 0) is 9.53 Å². The molecule has 0 aromatic carbocycles. The highest BCUT2D eigenvalue weighted by Crippen LogP contribution is 2.46. The van der Waals surface area contributed by atoms with Crippen LogP contribution in [-0.4, -0.2) is 54.2 Å². The van der Waals surface area contributed by atoms with Crippen molar-refractivity contribution in [2.45, 2.75) is 44.6 Å². The van der Waals surface area contributed by atoms with Crippen LogP contribution in [0.5, 0.6) is 0 Å². The van der Waals surface area contributed by atoms with E-state index in [0.717, 1.165) is 31.5 Å². The summed E-state index contributed by atoms with van der Waals surface area (Å²) in [6.07, 6.45) is 3.33. The number of ether oxygens (including phenoxy) is 1. The number of anilines is 1. The van der Waals surface area contributed by atoms with Gasteiger partial charge in [-0.25, -0.2) is 4.79 Å². The normalized spacial score (nSPS) is 19.2. The Morgan fingerprint density at radius 3 is 2.67 bits per heavy atom. The number of nitrogens with one attached hydrogen (secondary N) is 1. The van der Waals surface area contributed by atoms with E-state index >= 15 is 0 Å². The number of esters is 1. The standard InChI is InChI=1S/C17H24N2O4S/c1-2-23-17(22)15-13(11-3-4-11)10-24-16(15)18-14(21)9-19-7-5-12(20)6-8-19/h10-12,20H,2-9H2,1H3,(H,18,21). The molecule has 0 radical (unpaired) electrons. The molecule has 1 aliphatic carbocycles. The van der Waals surface area contributed by atoms with Crippen LogP contribution in [0.1, 0.15) is 54.4 Å². The average molecular weight is 352 g/mol. The maximum atomic E-state index is 12.3. The molecule has 0 spiro atoms. The van der Waals surface area contributed by atoms with Gasteiger partial charge < -0.3 is 15.2 Å². The van der Waals surface area contributed by atoms with Crippen molar-refractivity contribution in [2.75, 3.05) is 31.6 Å². The van der Waals surface area contributed by atoms with Crippen LogP contribution in [0.15, 0.2) is 5.38 Å². The Labute approximate surface area is 145 Å². The molecule has 3 rings (SSSR count). The highest BCUT2D eigenvalue weighted by atomic mass is 32.1. The molecule has 1 aromatic rings. The van der Waals surface area contributed by atoms with Crippen molar-refractivity contribution >= 4 is 28.2 Å². The first-order valence-electron chi connectivity index (χ1n) is 8.57. The summed E-state index contributed by atoms with van der Waals surface area (Å²) in [5, 5.41) is 15.0. The number of hydrogen-bond donors (Lipinski definition) is 2. The minimum atomic E-state index is -0.350. The van der Waals surface area contributed by atoms with Gasteiger partial charge in [-0.3, -0.25) is 9.69 Å². The summed E-state index contributed by atoms with van der Waals surface area (Å²) in [4.78, 5) is 26.6. The van der Waals surface area contributed by atoms with Gasteiger partial charge in [0.25, 0.3) is 0 Å². The fraction of sp³-hybridized carbons (Fsp3) is 0.647. The second-order valence-corrected chi connectivity index (χ2v) is 7.33. The molecule has 2 heterocycles. The molecule has 0 atom stereocenters. The molecule has 7 heteroatoms. The van der Waals surface area contributed by atoms with Crippen molar-refractivity contribution in [3.8, 4) is 0 Å². The van der Waals surface area contributed by atoms with E-state index in [2.05, 4.69) is 5.32 Å². The molecule has 24 heavy (non-hydrogen) atoms. The third-order valence-electron chi connectivity index (χ3n) is 4.49. The summed E-state index contributed by atoms with van der Waals surface area (Å²) >= 11 is 1.40. The lowest BCUT2D eigenvalue weighted by Crippen LogP contribution is -2.40. The number of aliphatic hydroxyl groups is 1. The summed E-state index contributed by atoms with van der Waals surface area (Å²) in [6.45, 7) is 3.83. The van der Waals surface area contributed by atoms with E-state index in [-0.39, 0.29) is 24.5 Å². The van der Waals surface area contributed by atoms with Gasteiger partial charge in [0.05, 0.1) is 24.8 Å². The van der Waals surface area contributed by atoms with Crippen molar-refractivity contribution < 1.29 is 19.4 Å². The lowest BCUT2D eigenvalue weighted by Gasteiger charge is -2.28. The molecule has 1 saturated heterocycles. The molecule has 1 amide bonds. The monoisotopic (exact) mass is 352 g/mol. The number of carbonyl (C=O) groups excluding carboxylic acids is 2. The average Bonchev–Trinajstić information content (AvgIpc) is 3.31. The van der Waals surface area contributed by atoms with Crippen LogP contribution in [0.4, 0.5) is 5.00 Å². The van der Waals surface area contributed by atoms with Crippen LogP contribution in [0.3, 0.4) is 0 Å². The highest BCUT2D eigenvalue weighted by Gasteiger charge is 2.32. The van der Waals surface area contributed by atoms with Gasteiger partial charge in [-0.05, 0) is 49.5 Å². The molecular weight excluding hydrogens is 328 g/mol. The van der Waals surface area contributed by atoms with Crippen LogP contribution in [0.25, 0.3) is 0 Å². The predicted octanol–water partition coefficient (Wildman–Crippen LogP) is 2.20. The van der Waals surface area contributed by atoms with Crippen LogP contribution in [0.2, 0.25) is 0 Å². The lowest BCUT2D eigenvalue weighted by atomic mass is 10.1. The number of rotatable bonds is 6. The number of aliphatic hydroxyl groups excluding tert-OH is 1. The third kappa shape index (κ3) is 4.15. The number of piperidine rings is 1. The van der Waals surface area contributed by atoms with Crippen molar-refractivity contribution in [1.29, 1.82) is 0 Å². The zero-order valence-electron chi connectivity index (χ0n) is 13.9. The molecule has 1 saturated carbocycles. The Balaban J connectivity index is 1.65. The molecule has 0 unspecified atom stereocenters. The van der Waals surface area contributed by atoms with Crippen LogP contribution >= 0.6 is 11.3 Å². The summed E-state index contributed by atoms with van der Waals surface area (Å²) in [5.74, 6) is -0.0481. The van der Waals surface area contributed by atoms with E-state index in [4.69, 9.17) is 4.74 Å². The van der Waals surface area contributed by atoms with E-state index in [1.54, 1.807) is 6.92 Å². The number of nitrogens with zero attached hydrogens (tertiary/aromatic N) is 1. The molecule has 2 aliphatic rings. The SMILES string of the molecule is CCOC(=O)c1c(C2CC2)csc1NC(=O)CN1CCC(O)CC1. The molecule has 2 N–H and O–H groups in total. The second-order valence-electron chi connectivity index (χ2n) is 6.45. The molecule has 1 aromatic heterocycles. The van der Waals surface area contributed by atoms with Gasteiger partial charge in [0, 0.05) is 13.1 Å². The van der Waals surface area contributed by atoms with Crippen molar-refractivity contribution in [2.24, 2.45) is 0 Å². The van der Waals surface area contributed by atoms with Crippen LogP contribution in [0, 0.1) is 0 Å². The first kappa shape index (κ1) is 17.4. The summed E-state index contributed by atoms with van der Waals surface area (Å²) in [5.41, 5.74) is 1.54. The minimum absolute atomic E-state index is 0.124. The van der Waals surface area contributed by atoms with Gasteiger partial charge in [-0.2, -0.15) is 0 Å². The van der Waals surface area contributed by atoms with Gasteiger partial charge in [0.1, 0.15) is 5.00 Å². The quantitative estimate of drug-likeness (QED) is 0.768. The van der Waals surface area contributed by atoms with E-state index in [9.17, 15) is 14.7 Å². The van der Waals surface area contributed by atoms with Crippen LogP contribution < -0.4 is 5.32 Å². The fourth-order valence-corrected chi connectivity index (χ4v) is 4.07. The first-order valence-corrected chi connectivity index (χ1v) is 9.45. The first-order chi connectivity index (χ1) is 11.6. The fourth-order valence-electron chi connectivity index (χ4n) is 3.02. The lowest BCUT2D eigenvalue weighted by molar-refractivity contribution is -0.117. The zero-order chi connectivity index (χ0) is 17.1. The number of amides is 1. The van der Waals surface area contributed by atoms with Gasteiger partial charge >= 0.3 is 5.97 Å². The largest absolute Gasteiger partial charge is 0.462 e. The van der Waals surface area contributed by atoms with Gasteiger partial charge in [0.2, 0.25) is 5.91 Å². The number of carbonyl (C=O) groups is 2. The smallest absolute Gasteiger partial charge is 0.341 e. The topological polar surface area (TPSA) is 78.9 Å². The minimum Gasteiger partial charge on any atom is -0.462 e. The van der Waals surface area contributed by atoms with E-state index in [0.29, 0.717) is 35.9 Å². The number of likely N-dealkylation sites (tertiary alicyclic amines) is 1. The second kappa shape index (κ2) is 7.63. The number of hydrogen-bond acceptors (Lipinski definition) is 6. The molecule has 132 valence electrons. The molecular formula is C17H24N2O4S. The van der Waals surface area contributed by atoms with E-state index in [1.807, 2.05) is 10.3 Å². The Bertz CT molecular complexity index is 604. The summed E-state index contributed by atoms with van der Waals surface area (Å²) < 4.78 is 5.17. The maximum Gasteiger partial charge on any atom is 0.341 e. The Morgan fingerprint density at radius 1 is 1.33 bits per heavy atom. The molecule has 6 nitrogen and oxygen atoms in total. The molecule has 2 fully saturated rings. The number of thiophene rings is 1. The molecule has 0 bridgehead atoms. The summed E-state index contributed by atoms with van der Waals surface area (Å²) in [6, 6.07) is 0. The molecule has 1 aliphatic heterocycles. The Morgan fingerprint density at radius 2 is 2.04 bits per heavy atom. The van der Waals surface area contributed by atoms with E-state index in [1.165, 1.54) is 11.3 Å². The third-order valence-corrected chi connectivity index (χ3v) is 5.41. The Kier molecular flexibility index (Phi) is 5.53. The highest BCUT2D eigenvalue weighted by molar-refractivity contribution is 7.15. The van der Waals surface area contributed by atoms with Gasteiger partial charge in [-0.1, -0.05) is 0 Å². The van der Waals surface area contributed by atoms with E-state index < -0.39 is 0 Å². The predicted molar refractivity (Wildman–Crippen MR) is 92.6 cm³/mol. The van der Waals surface area contributed by atoms with Crippen molar-refractivity contribution in [3.63, 3.8) is 0 Å².